The zero-order valence-corrected chi connectivity index (χ0v) is 7.18. The van der Waals surface area contributed by atoms with E-state index in [1.807, 2.05) is 0 Å². The number of hydrogen-bond donors (Lipinski definition) is 3. The molecule has 4 nitrogen and oxygen atoms in total. The van der Waals surface area contributed by atoms with E-state index >= 15 is 0 Å². The molecule has 1 aliphatic rings. The van der Waals surface area contributed by atoms with Crippen LogP contribution < -0.4 is 10.6 Å². The van der Waals surface area contributed by atoms with E-state index in [1.54, 1.807) is 0 Å². The molecular formula is C8H16N2O2. The van der Waals surface area contributed by atoms with Crippen molar-refractivity contribution < 1.29 is 9.90 Å². The molecule has 4 heteroatoms. The summed E-state index contributed by atoms with van der Waals surface area (Å²) in [4.78, 5) is 11.0. The highest BCUT2D eigenvalue weighted by atomic mass is 16.3. The number of hydrogen-bond acceptors (Lipinski definition) is 2. The van der Waals surface area contributed by atoms with E-state index < -0.39 is 0 Å². The van der Waals surface area contributed by atoms with Crippen LogP contribution >= 0.6 is 0 Å². The monoisotopic (exact) mass is 172 g/mol. The summed E-state index contributed by atoms with van der Waals surface area (Å²) in [6.07, 6.45) is 4.61. The van der Waals surface area contributed by atoms with Gasteiger partial charge in [0.1, 0.15) is 0 Å². The molecule has 70 valence electrons. The zero-order valence-electron chi connectivity index (χ0n) is 7.18. The third-order valence-electron chi connectivity index (χ3n) is 2.09. The summed E-state index contributed by atoms with van der Waals surface area (Å²) in [6.45, 7) is 0.330. The van der Waals surface area contributed by atoms with Crippen LogP contribution in [0, 0.1) is 0 Å². The van der Waals surface area contributed by atoms with Crippen molar-refractivity contribution in [3.8, 4) is 0 Å². The van der Waals surface area contributed by atoms with Crippen LogP contribution in [0.25, 0.3) is 0 Å². The van der Waals surface area contributed by atoms with E-state index in [4.69, 9.17) is 5.11 Å². The van der Waals surface area contributed by atoms with Crippen LogP contribution in [0.4, 0.5) is 4.79 Å². The molecular weight excluding hydrogens is 156 g/mol. The van der Waals surface area contributed by atoms with Crippen LogP contribution in [0.15, 0.2) is 0 Å². The van der Waals surface area contributed by atoms with Crippen LogP contribution in [0.1, 0.15) is 25.7 Å². The minimum Gasteiger partial charge on any atom is -0.395 e. The Balaban J connectivity index is 2.08. The van der Waals surface area contributed by atoms with Crippen molar-refractivity contribution in [2.24, 2.45) is 0 Å². The molecule has 0 aromatic carbocycles. The molecule has 0 bridgehead atoms. The molecule has 1 rings (SSSR count). The summed E-state index contributed by atoms with van der Waals surface area (Å²) in [7, 11) is 0. The lowest BCUT2D eigenvalue weighted by atomic mass is 10.3. The maximum atomic E-state index is 11.0. The van der Waals surface area contributed by atoms with Gasteiger partial charge in [-0.1, -0.05) is 12.8 Å². The predicted molar refractivity (Wildman–Crippen MR) is 45.9 cm³/mol. The molecule has 1 aliphatic carbocycles. The number of rotatable bonds is 3. The van der Waals surface area contributed by atoms with Gasteiger partial charge in [-0.3, -0.25) is 0 Å². The molecule has 1 saturated carbocycles. The number of carbonyl (C=O) groups excluding carboxylic acids is 1. The average Bonchev–Trinajstić information content (AvgIpc) is 2.53. The highest BCUT2D eigenvalue weighted by Crippen LogP contribution is 2.17. The summed E-state index contributed by atoms with van der Waals surface area (Å²) in [5.41, 5.74) is 0. The van der Waals surface area contributed by atoms with Crippen LogP contribution in [0.2, 0.25) is 0 Å². The molecule has 0 spiro atoms. The first kappa shape index (κ1) is 9.32. The third kappa shape index (κ3) is 3.09. The normalized spacial score (nSPS) is 17.8. The van der Waals surface area contributed by atoms with Crippen molar-refractivity contribution in [1.82, 2.24) is 10.6 Å². The number of nitrogens with one attached hydrogen (secondary N) is 2. The van der Waals surface area contributed by atoms with Gasteiger partial charge in [-0.25, -0.2) is 4.79 Å². The minimum atomic E-state index is -0.157. The lowest BCUT2D eigenvalue weighted by molar-refractivity contribution is 0.230. The van der Waals surface area contributed by atoms with E-state index in [9.17, 15) is 4.79 Å². The number of aliphatic hydroxyl groups is 1. The van der Waals surface area contributed by atoms with E-state index in [-0.39, 0.29) is 12.6 Å². The largest absolute Gasteiger partial charge is 0.395 e. The van der Waals surface area contributed by atoms with Crippen molar-refractivity contribution >= 4 is 6.03 Å². The Morgan fingerprint density at radius 2 is 2.08 bits per heavy atom. The Morgan fingerprint density at radius 3 is 2.67 bits per heavy atom. The summed E-state index contributed by atoms with van der Waals surface area (Å²) >= 11 is 0. The summed E-state index contributed by atoms with van der Waals surface area (Å²) in [5, 5.41) is 13.8. The second-order valence-corrected chi connectivity index (χ2v) is 3.11. The molecule has 0 aromatic heterocycles. The lowest BCUT2D eigenvalue weighted by Crippen LogP contribution is -2.41. The van der Waals surface area contributed by atoms with E-state index in [0.717, 1.165) is 12.8 Å². The average molecular weight is 172 g/mol. The topological polar surface area (TPSA) is 61.4 Å². The second kappa shape index (κ2) is 4.98. The summed E-state index contributed by atoms with van der Waals surface area (Å²) in [6, 6.07) is 0.194. The molecule has 0 radical (unpaired) electrons. The van der Waals surface area contributed by atoms with Crippen LogP contribution in [0.5, 0.6) is 0 Å². The fourth-order valence-electron chi connectivity index (χ4n) is 1.48. The zero-order chi connectivity index (χ0) is 8.81. The van der Waals surface area contributed by atoms with Gasteiger partial charge in [0.05, 0.1) is 6.61 Å². The molecule has 2 amide bonds. The first-order valence-electron chi connectivity index (χ1n) is 4.48. The van der Waals surface area contributed by atoms with Crippen molar-refractivity contribution in [3.05, 3.63) is 0 Å². The Bertz CT molecular complexity index is 144. The second-order valence-electron chi connectivity index (χ2n) is 3.11. The van der Waals surface area contributed by atoms with Gasteiger partial charge >= 0.3 is 6.03 Å². The number of carbonyl (C=O) groups is 1. The van der Waals surface area contributed by atoms with Crippen molar-refractivity contribution in [2.45, 2.75) is 31.7 Å². The van der Waals surface area contributed by atoms with Crippen molar-refractivity contribution in [3.63, 3.8) is 0 Å². The number of aliphatic hydroxyl groups excluding tert-OH is 1. The van der Waals surface area contributed by atoms with Gasteiger partial charge in [0.2, 0.25) is 0 Å². The fourth-order valence-corrected chi connectivity index (χ4v) is 1.48. The van der Waals surface area contributed by atoms with Gasteiger partial charge in [0.25, 0.3) is 0 Å². The molecule has 0 heterocycles. The van der Waals surface area contributed by atoms with Crippen molar-refractivity contribution in [2.75, 3.05) is 13.2 Å². The summed E-state index contributed by atoms with van der Waals surface area (Å²) < 4.78 is 0. The SMILES string of the molecule is O=C(NCCO)NC1CCCC1. The maximum Gasteiger partial charge on any atom is 0.315 e. The summed E-state index contributed by atoms with van der Waals surface area (Å²) in [5.74, 6) is 0. The first-order chi connectivity index (χ1) is 5.83. The molecule has 0 unspecified atom stereocenters. The minimum absolute atomic E-state index is 0.00190. The number of amides is 2. The van der Waals surface area contributed by atoms with Gasteiger partial charge in [0, 0.05) is 12.6 Å². The highest BCUT2D eigenvalue weighted by Gasteiger charge is 2.16. The standard InChI is InChI=1S/C8H16N2O2/c11-6-5-9-8(12)10-7-3-1-2-4-7/h7,11H,1-6H2,(H2,9,10,12). The number of urea groups is 1. The molecule has 0 aromatic rings. The molecule has 0 atom stereocenters. The van der Waals surface area contributed by atoms with Crippen LogP contribution in [-0.4, -0.2) is 30.3 Å². The van der Waals surface area contributed by atoms with Gasteiger partial charge in [-0.2, -0.15) is 0 Å². The Kier molecular flexibility index (Phi) is 3.87. The highest BCUT2D eigenvalue weighted by molar-refractivity contribution is 5.74. The molecule has 3 N–H and O–H groups in total. The van der Waals surface area contributed by atoms with Crippen LogP contribution in [-0.2, 0) is 0 Å². The van der Waals surface area contributed by atoms with Crippen LogP contribution in [0.3, 0.4) is 0 Å². The molecule has 0 saturated heterocycles. The van der Waals surface area contributed by atoms with Crippen molar-refractivity contribution in [1.29, 1.82) is 0 Å². The quantitative estimate of drug-likeness (QED) is 0.570. The molecule has 0 aliphatic heterocycles. The molecule has 1 fully saturated rings. The van der Waals surface area contributed by atoms with Gasteiger partial charge in [-0.05, 0) is 12.8 Å². The van der Waals surface area contributed by atoms with E-state index in [2.05, 4.69) is 10.6 Å². The predicted octanol–water partition coefficient (Wildman–Crippen LogP) is 0.220. The lowest BCUT2D eigenvalue weighted by Gasteiger charge is -2.11. The van der Waals surface area contributed by atoms with Gasteiger partial charge in [0.15, 0.2) is 0 Å². The molecule has 12 heavy (non-hydrogen) atoms. The Labute approximate surface area is 72.3 Å². The Hall–Kier alpha value is -0.770. The van der Waals surface area contributed by atoms with Gasteiger partial charge in [-0.15, -0.1) is 0 Å². The smallest absolute Gasteiger partial charge is 0.315 e. The van der Waals surface area contributed by atoms with Gasteiger partial charge < -0.3 is 15.7 Å². The van der Waals surface area contributed by atoms with E-state index in [1.165, 1.54) is 12.8 Å². The van der Waals surface area contributed by atoms with E-state index in [0.29, 0.717) is 12.6 Å². The third-order valence-corrected chi connectivity index (χ3v) is 2.09. The maximum absolute atomic E-state index is 11.0. The Morgan fingerprint density at radius 1 is 1.42 bits per heavy atom. The first-order valence-corrected chi connectivity index (χ1v) is 4.48. The fraction of sp³-hybridized carbons (Fsp3) is 0.875.